The lowest BCUT2D eigenvalue weighted by Crippen LogP contribution is -2.36. The largest absolute Gasteiger partial charge is 0.349 e. The second kappa shape index (κ2) is 6.18. The van der Waals surface area contributed by atoms with Gasteiger partial charge in [0.2, 0.25) is 0 Å². The molecule has 1 aliphatic rings. The van der Waals surface area contributed by atoms with E-state index in [9.17, 15) is 4.79 Å². The van der Waals surface area contributed by atoms with Gasteiger partial charge in [-0.1, -0.05) is 25.3 Å². The topological polar surface area (TPSA) is 29.1 Å². The molecule has 1 aliphatic carbocycles. The van der Waals surface area contributed by atoms with Crippen LogP contribution in [0.15, 0.2) is 22.7 Å². The molecule has 17 heavy (non-hydrogen) atoms. The number of amides is 1. The fraction of sp³-hybridized carbons (Fsp3) is 0.462. The summed E-state index contributed by atoms with van der Waals surface area (Å²) in [5, 5.41) is 3.13. The minimum Gasteiger partial charge on any atom is -0.349 e. The molecular weight excluding hydrogens is 393 g/mol. The molecule has 2 rings (SSSR count). The van der Waals surface area contributed by atoms with Crippen LogP contribution in [-0.2, 0) is 0 Å². The van der Waals surface area contributed by atoms with Gasteiger partial charge in [0, 0.05) is 14.1 Å². The van der Waals surface area contributed by atoms with Gasteiger partial charge in [0.1, 0.15) is 0 Å². The zero-order valence-corrected chi connectivity index (χ0v) is 13.3. The molecule has 1 saturated carbocycles. The number of carbonyl (C=O) groups is 1. The highest BCUT2D eigenvalue weighted by Gasteiger charge is 2.18. The normalized spacial score (nSPS) is 16.8. The molecule has 1 aromatic rings. The van der Waals surface area contributed by atoms with E-state index in [0.717, 1.165) is 26.4 Å². The molecule has 0 unspecified atom stereocenters. The number of halogens is 2. The third-order valence-electron chi connectivity index (χ3n) is 3.14. The Hall–Kier alpha value is -0.100. The number of rotatable bonds is 2. The van der Waals surface area contributed by atoms with E-state index in [2.05, 4.69) is 43.8 Å². The average molecular weight is 408 g/mol. The lowest BCUT2D eigenvalue weighted by atomic mass is 9.95. The van der Waals surface area contributed by atoms with Gasteiger partial charge in [-0.2, -0.15) is 0 Å². The second-order valence-corrected chi connectivity index (χ2v) is 6.36. The summed E-state index contributed by atoms with van der Waals surface area (Å²) in [5.41, 5.74) is 0.738. The molecular formula is C13H15BrINO. The molecule has 0 spiro atoms. The van der Waals surface area contributed by atoms with Gasteiger partial charge in [0.05, 0.1) is 5.56 Å². The molecule has 0 saturated heterocycles. The van der Waals surface area contributed by atoms with Gasteiger partial charge in [0.25, 0.3) is 5.91 Å². The van der Waals surface area contributed by atoms with E-state index in [1.807, 2.05) is 18.2 Å². The summed E-state index contributed by atoms with van der Waals surface area (Å²) in [6.07, 6.45) is 6.01. The Morgan fingerprint density at radius 2 is 2.00 bits per heavy atom. The number of benzene rings is 1. The molecule has 0 aromatic heterocycles. The Balaban J connectivity index is 2.06. The first-order valence-corrected chi connectivity index (χ1v) is 7.80. The van der Waals surface area contributed by atoms with E-state index in [1.165, 1.54) is 19.3 Å². The Bertz CT molecular complexity index is 416. The van der Waals surface area contributed by atoms with Gasteiger partial charge in [-0.3, -0.25) is 4.79 Å². The molecule has 0 heterocycles. The van der Waals surface area contributed by atoms with Crippen molar-refractivity contribution in [2.24, 2.45) is 0 Å². The molecule has 92 valence electrons. The lowest BCUT2D eigenvalue weighted by Gasteiger charge is -2.23. The molecule has 1 fully saturated rings. The Labute approximate surface area is 124 Å². The van der Waals surface area contributed by atoms with E-state index in [4.69, 9.17) is 0 Å². The number of carbonyl (C=O) groups excluding carboxylic acids is 1. The van der Waals surface area contributed by atoms with Crippen LogP contribution in [0.1, 0.15) is 42.5 Å². The van der Waals surface area contributed by atoms with Gasteiger partial charge in [-0.15, -0.1) is 0 Å². The Kier molecular flexibility index (Phi) is 4.85. The highest BCUT2D eigenvalue weighted by atomic mass is 127. The quantitative estimate of drug-likeness (QED) is 0.734. The first kappa shape index (κ1) is 13.3. The zero-order chi connectivity index (χ0) is 12.3. The third kappa shape index (κ3) is 3.44. The lowest BCUT2D eigenvalue weighted by molar-refractivity contribution is 0.0927. The maximum atomic E-state index is 12.1. The van der Waals surface area contributed by atoms with Crippen molar-refractivity contribution in [3.63, 3.8) is 0 Å². The first-order chi connectivity index (χ1) is 8.18. The van der Waals surface area contributed by atoms with Crippen LogP contribution in [0.25, 0.3) is 0 Å². The molecule has 0 bridgehead atoms. The molecule has 2 nitrogen and oxygen atoms in total. The molecule has 1 amide bonds. The van der Waals surface area contributed by atoms with E-state index >= 15 is 0 Å². The van der Waals surface area contributed by atoms with Crippen molar-refractivity contribution < 1.29 is 4.79 Å². The van der Waals surface area contributed by atoms with E-state index in [0.29, 0.717) is 6.04 Å². The van der Waals surface area contributed by atoms with Crippen LogP contribution in [0.3, 0.4) is 0 Å². The minimum absolute atomic E-state index is 0.0438. The predicted octanol–water partition coefficient (Wildman–Crippen LogP) is 4.12. The summed E-state index contributed by atoms with van der Waals surface area (Å²) < 4.78 is 1.97. The van der Waals surface area contributed by atoms with E-state index < -0.39 is 0 Å². The maximum Gasteiger partial charge on any atom is 0.252 e. The highest BCUT2D eigenvalue weighted by Crippen LogP contribution is 2.24. The van der Waals surface area contributed by atoms with Gasteiger partial charge < -0.3 is 5.32 Å². The summed E-state index contributed by atoms with van der Waals surface area (Å²) in [6, 6.07) is 6.13. The average Bonchev–Trinajstić information content (AvgIpc) is 2.34. The standard InChI is InChI=1S/C13H15BrINO/c14-12-10(7-4-8-11(12)15)13(17)16-9-5-2-1-3-6-9/h4,7-9H,1-3,5-6H2,(H,16,17). The van der Waals surface area contributed by atoms with Gasteiger partial charge in [0.15, 0.2) is 0 Å². The summed E-state index contributed by atoms with van der Waals surface area (Å²) in [4.78, 5) is 12.1. The smallest absolute Gasteiger partial charge is 0.252 e. The highest BCUT2D eigenvalue weighted by molar-refractivity contribution is 14.1. The first-order valence-electron chi connectivity index (χ1n) is 5.93. The monoisotopic (exact) mass is 407 g/mol. The van der Waals surface area contributed by atoms with Crippen LogP contribution in [0.4, 0.5) is 0 Å². The molecule has 0 radical (unpaired) electrons. The Morgan fingerprint density at radius 1 is 1.29 bits per heavy atom. The summed E-state index contributed by atoms with van der Waals surface area (Å²) in [6.45, 7) is 0. The fourth-order valence-corrected chi connectivity index (χ4v) is 3.13. The van der Waals surface area contributed by atoms with Crippen LogP contribution in [0.2, 0.25) is 0 Å². The molecule has 1 N–H and O–H groups in total. The molecule has 0 aliphatic heterocycles. The van der Waals surface area contributed by atoms with Gasteiger partial charge >= 0.3 is 0 Å². The Morgan fingerprint density at radius 3 is 2.71 bits per heavy atom. The molecule has 0 atom stereocenters. The van der Waals surface area contributed by atoms with Crippen molar-refractivity contribution >= 4 is 44.4 Å². The summed E-state index contributed by atoms with van der Waals surface area (Å²) in [7, 11) is 0. The minimum atomic E-state index is 0.0438. The second-order valence-electron chi connectivity index (χ2n) is 4.41. The van der Waals surface area contributed by atoms with Crippen molar-refractivity contribution in [2.75, 3.05) is 0 Å². The number of hydrogen-bond donors (Lipinski definition) is 1. The van der Waals surface area contributed by atoms with Crippen LogP contribution >= 0.6 is 38.5 Å². The van der Waals surface area contributed by atoms with Gasteiger partial charge in [-0.25, -0.2) is 0 Å². The SMILES string of the molecule is O=C(NC1CCCCC1)c1cccc(I)c1Br. The number of hydrogen-bond acceptors (Lipinski definition) is 1. The summed E-state index contributed by atoms with van der Waals surface area (Å²) in [5.74, 6) is 0.0438. The fourth-order valence-electron chi connectivity index (χ4n) is 2.19. The van der Waals surface area contributed by atoms with Crippen molar-refractivity contribution in [3.8, 4) is 0 Å². The van der Waals surface area contributed by atoms with Crippen LogP contribution < -0.4 is 5.32 Å². The van der Waals surface area contributed by atoms with Crippen LogP contribution in [0, 0.1) is 3.57 Å². The van der Waals surface area contributed by atoms with Crippen molar-refractivity contribution in [1.29, 1.82) is 0 Å². The third-order valence-corrected chi connectivity index (χ3v) is 5.63. The van der Waals surface area contributed by atoms with Gasteiger partial charge in [-0.05, 0) is 63.5 Å². The summed E-state index contributed by atoms with van der Waals surface area (Å²) >= 11 is 5.70. The maximum absolute atomic E-state index is 12.1. The number of nitrogens with one attached hydrogen (secondary N) is 1. The van der Waals surface area contributed by atoms with Crippen LogP contribution in [-0.4, -0.2) is 11.9 Å². The zero-order valence-electron chi connectivity index (χ0n) is 9.51. The molecule has 4 heteroatoms. The predicted molar refractivity (Wildman–Crippen MR) is 81.2 cm³/mol. The van der Waals surface area contributed by atoms with Crippen molar-refractivity contribution in [2.45, 2.75) is 38.1 Å². The molecule has 1 aromatic carbocycles. The van der Waals surface area contributed by atoms with Crippen molar-refractivity contribution in [3.05, 3.63) is 31.8 Å². The van der Waals surface area contributed by atoms with Crippen molar-refractivity contribution in [1.82, 2.24) is 5.32 Å². The van der Waals surface area contributed by atoms with Crippen LogP contribution in [0.5, 0.6) is 0 Å². The van der Waals surface area contributed by atoms with E-state index in [1.54, 1.807) is 0 Å². The van der Waals surface area contributed by atoms with E-state index in [-0.39, 0.29) is 5.91 Å².